The van der Waals surface area contributed by atoms with E-state index in [1.165, 1.54) is 11.6 Å². The molecule has 4 rings (SSSR count). The Hall–Kier alpha value is -2.76. The highest BCUT2D eigenvalue weighted by molar-refractivity contribution is 6.36. The van der Waals surface area contributed by atoms with Crippen molar-refractivity contribution in [1.82, 2.24) is 13.7 Å². The number of rotatable bonds is 3. The maximum Gasteiger partial charge on any atom is 0.330 e. The number of aryl methyl sites for hydroxylation is 1. The van der Waals surface area contributed by atoms with E-state index in [9.17, 15) is 9.59 Å². The molecule has 148 valence electrons. The van der Waals surface area contributed by atoms with Gasteiger partial charge in [-0.15, -0.1) is 0 Å². The van der Waals surface area contributed by atoms with Crippen molar-refractivity contribution >= 4 is 34.1 Å². The summed E-state index contributed by atoms with van der Waals surface area (Å²) in [6.45, 7) is 2.05. The van der Waals surface area contributed by atoms with Crippen LogP contribution in [0.25, 0.3) is 22.2 Å². The van der Waals surface area contributed by atoms with Gasteiger partial charge in [-0.1, -0.05) is 53.5 Å². The zero-order valence-corrected chi connectivity index (χ0v) is 17.7. The predicted molar refractivity (Wildman–Crippen MR) is 118 cm³/mol. The third-order valence-electron chi connectivity index (χ3n) is 5.35. The fourth-order valence-electron chi connectivity index (χ4n) is 3.71. The summed E-state index contributed by atoms with van der Waals surface area (Å²) in [5, 5.41) is 1.40. The van der Waals surface area contributed by atoms with Gasteiger partial charge in [-0.25, -0.2) is 4.79 Å². The first-order valence-electron chi connectivity index (χ1n) is 9.12. The van der Waals surface area contributed by atoms with Crippen molar-refractivity contribution in [2.45, 2.75) is 13.0 Å². The molecule has 0 aliphatic rings. The molecular weight excluding hydrogens is 409 g/mol. The quantitative estimate of drug-likeness (QED) is 0.478. The topological polar surface area (TPSA) is 48.9 Å². The molecule has 0 radical (unpaired) electrons. The predicted octanol–water partition coefficient (Wildman–Crippen LogP) is 4.62. The van der Waals surface area contributed by atoms with Gasteiger partial charge in [0.2, 0.25) is 0 Å². The number of nitrogens with zero attached hydrogens (tertiary/aromatic N) is 3. The molecule has 0 saturated carbocycles. The van der Waals surface area contributed by atoms with Crippen LogP contribution in [0.5, 0.6) is 0 Å². The summed E-state index contributed by atoms with van der Waals surface area (Å²) in [5.74, 6) is 0. The number of fused-ring (bicyclic) bond motifs is 1. The van der Waals surface area contributed by atoms with E-state index in [4.69, 9.17) is 23.2 Å². The van der Waals surface area contributed by atoms with Gasteiger partial charge >= 0.3 is 5.69 Å². The average molecular weight is 428 g/mol. The van der Waals surface area contributed by atoms with Crippen LogP contribution in [0.4, 0.5) is 0 Å². The smallest absolute Gasteiger partial charge is 0.330 e. The van der Waals surface area contributed by atoms with E-state index < -0.39 is 0 Å². The second-order valence-corrected chi connectivity index (χ2v) is 7.91. The van der Waals surface area contributed by atoms with Gasteiger partial charge in [-0.3, -0.25) is 13.9 Å². The number of hydrogen-bond acceptors (Lipinski definition) is 2. The Morgan fingerprint density at radius 2 is 1.62 bits per heavy atom. The van der Waals surface area contributed by atoms with Crippen molar-refractivity contribution < 1.29 is 0 Å². The van der Waals surface area contributed by atoms with Crippen LogP contribution in [0.15, 0.2) is 64.3 Å². The van der Waals surface area contributed by atoms with E-state index in [0.29, 0.717) is 32.2 Å². The minimum atomic E-state index is -0.374. The maximum atomic E-state index is 13.1. The van der Waals surface area contributed by atoms with Crippen molar-refractivity contribution in [2.75, 3.05) is 0 Å². The first-order valence-corrected chi connectivity index (χ1v) is 9.87. The molecule has 0 fully saturated rings. The van der Waals surface area contributed by atoms with Gasteiger partial charge in [0.1, 0.15) is 0 Å². The first kappa shape index (κ1) is 19.6. The van der Waals surface area contributed by atoms with Crippen LogP contribution in [0.3, 0.4) is 0 Å². The van der Waals surface area contributed by atoms with Crippen LogP contribution < -0.4 is 11.2 Å². The van der Waals surface area contributed by atoms with Crippen LogP contribution in [0, 0.1) is 0 Å². The van der Waals surface area contributed by atoms with Crippen LogP contribution in [0.2, 0.25) is 10.0 Å². The van der Waals surface area contributed by atoms with Gasteiger partial charge in [0.25, 0.3) is 5.56 Å². The first-order chi connectivity index (χ1) is 13.8. The number of hydrogen-bond donors (Lipinski definition) is 0. The van der Waals surface area contributed by atoms with E-state index in [-0.39, 0.29) is 17.3 Å². The van der Waals surface area contributed by atoms with E-state index in [1.54, 1.807) is 25.2 Å². The molecule has 7 heteroatoms. The van der Waals surface area contributed by atoms with Gasteiger partial charge in [0.15, 0.2) is 0 Å². The van der Waals surface area contributed by atoms with E-state index in [2.05, 4.69) is 0 Å². The van der Waals surface area contributed by atoms with Gasteiger partial charge in [-0.2, -0.15) is 0 Å². The Balaban J connectivity index is 2.16. The van der Waals surface area contributed by atoms with Crippen LogP contribution >= 0.6 is 23.2 Å². The summed E-state index contributed by atoms with van der Waals surface area (Å²) in [5.41, 5.74) is 2.24. The van der Waals surface area contributed by atoms with Gasteiger partial charge < -0.3 is 4.57 Å². The number of aromatic nitrogens is 3. The molecule has 1 unspecified atom stereocenters. The summed E-state index contributed by atoms with van der Waals surface area (Å²) >= 11 is 12.6. The second kappa shape index (κ2) is 7.25. The minimum Gasteiger partial charge on any atom is -0.337 e. The third-order valence-corrected chi connectivity index (χ3v) is 5.90. The van der Waals surface area contributed by atoms with Crippen molar-refractivity contribution in [3.8, 4) is 11.3 Å². The molecule has 0 aliphatic heterocycles. The number of benzene rings is 2. The van der Waals surface area contributed by atoms with E-state index >= 15 is 0 Å². The molecule has 2 heterocycles. The Morgan fingerprint density at radius 1 is 0.931 bits per heavy atom. The van der Waals surface area contributed by atoms with Crippen LogP contribution in [0.1, 0.15) is 18.5 Å². The number of halogens is 2. The van der Waals surface area contributed by atoms with Crippen molar-refractivity contribution in [2.24, 2.45) is 14.1 Å². The Bertz CT molecular complexity index is 1350. The molecule has 1 atom stereocenters. The normalized spacial score (nSPS) is 12.4. The molecule has 0 spiro atoms. The summed E-state index contributed by atoms with van der Waals surface area (Å²) in [7, 11) is 3.14. The van der Waals surface area contributed by atoms with E-state index in [0.717, 1.165) is 10.1 Å². The monoisotopic (exact) mass is 427 g/mol. The molecule has 5 nitrogen and oxygen atoms in total. The fourth-order valence-corrected chi connectivity index (χ4v) is 4.21. The highest BCUT2D eigenvalue weighted by Gasteiger charge is 2.23. The van der Waals surface area contributed by atoms with Crippen molar-refractivity contribution in [3.05, 3.63) is 91.2 Å². The molecule has 0 aliphatic carbocycles. The zero-order valence-electron chi connectivity index (χ0n) is 16.2. The van der Waals surface area contributed by atoms with Gasteiger partial charge in [0, 0.05) is 30.9 Å². The van der Waals surface area contributed by atoms with E-state index in [1.807, 2.05) is 48.0 Å². The fraction of sp³-hybridized carbons (Fsp3) is 0.182. The van der Waals surface area contributed by atoms with Gasteiger partial charge in [-0.05, 0) is 30.7 Å². The lowest BCUT2D eigenvalue weighted by Crippen LogP contribution is -2.36. The molecule has 0 saturated heterocycles. The summed E-state index contributed by atoms with van der Waals surface area (Å²) in [6.07, 6.45) is 1.84. The summed E-state index contributed by atoms with van der Waals surface area (Å²) < 4.78 is 4.60. The van der Waals surface area contributed by atoms with Crippen molar-refractivity contribution in [3.63, 3.8) is 0 Å². The molecule has 4 aromatic rings. The van der Waals surface area contributed by atoms with Gasteiger partial charge in [0.05, 0.1) is 27.7 Å². The Kier molecular flexibility index (Phi) is 4.89. The molecule has 2 aromatic carbocycles. The lowest BCUT2D eigenvalue weighted by atomic mass is 10.1. The minimum absolute atomic E-state index is 0.0925. The lowest BCUT2D eigenvalue weighted by Gasteiger charge is -2.19. The highest BCUT2D eigenvalue weighted by atomic mass is 35.5. The summed E-state index contributed by atoms with van der Waals surface area (Å²) in [6, 6.07) is 15.1. The highest BCUT2D eigenvalue weighted by Crippen LogP contribution is 2.37. The molecular formula is C22H19Cl2N3O2. The second-order valence-electron chi connectivity index (χ2n) is 7.06. The van der Waals surface area contributed by atoms with Crippen LogP contribution in [-0.4, -0.2) is 13.7 Å². The molecule has 29 heavy (non-hydrogen) atoms. The average Bonchev–Trinajstić information content (AvgIpc) is 3.11. The SMILES string of the molecule is CC(c1ccccc1)n1cc2c(c1-c1ccc(Cl)cc1Cl)c(=O)n(C)c(=O)n2C. The molecule has 0 bridgehead atoms. The Morgan fingerprint density at radius 3 is 2.28 bits per heavy atom. The molecule has 0 N–H and O–H groups in total. The summed E-state index contributed by atoms with van der Waals surface area (Å²) in [4.78, 5) is 25.6. The third kappa shape index (κ3) is 3.11. The van der Waals surface area contributed by atoms with Crippen LogP contribution in [-0.2, 0) is 14.1 Å². The molecule has 0 amide bonds. The molecule has 2 aromatic heterocycles. The maximum absolute atomic E-state index is 13.1. The zero-order chi connectivity index (χ0) is 20.9. The Labute approximate surface area is 177 Å². The lowest BCUT2D eigenvalue weighted by molar-refractivity contribution is 0.650. The van der Waals surface area contributed by atoms with Crippen molar-refractivity contribution in [1.29, 1.82) is 0 Å². The standard InChI is InChI=1S/C22H19Cl2N3O2/c1-13(14-7-5-4-6-8-14)27-12-18-19(21(28)26(3)22(29)25(18)2)20(27)16-10-9-15(23)11-17(16)24/h4-13H,1-3H3. The largest absolute Gasteiger partial charge is 0.337 e.